The van der Waals surface area contributed by atoms with E-state index >= 15 is 0 Å². The van der Waals surface area contributed by atoms with Gasteiger partial charge in [-0.1, -0.05) is 6.07 Å². The largest absolute Gasteiger partial charge is 0.495 e. The molecule has 2 N–H and O–H groups in total. The maximum absolute atomic E-state index is 9.72. The van der Waals surface area contributed by atoms with Crippen LogP contribution in [0.1, 0.15) is 11.9 Å². The van der Waals surface area contributed by atoms with Crippen LogP contribution in [0.3, 0.4) is 0 Å². The van der Waals surface area contributed by atoms with Crippen molar-refractivity contribution in [1.29, 1.82) is 0 Å². The molecule has 100 valence electrons. The molecule has 0 aromatic heterocycles. The van der Waals surface area contributed by atoms with E-state index in [4.69, 9.17) is 9.47 Å². The highest BCUT2D eigenvalue weighted by molar-refractivity contribution is 5.60. The molecule has 18 heavy (non-hydrogen) atoms. The number of piperazine rings is 1. The third-order valence-corrected chi connectivity index (χ3v) is 3.17. The van der Waals surface area contributed by atoms with Gasteiger partial charge in [-0.15, -0.1) is 0 Å². The van der Waals surface area contributed by atoms with Gasteiger partial charge in [-0.05, 0) is 12.1 Å². The van der Waals surface area contributed by atoms with E-state index in [0.717, 1.165) is 43.2 Å². The summed E-state index contributed by atoms with van der Waals surface area (Å²) >= 11 is 0. The van der Waals surface area contributed by atoms with Gasteiger partial charge in [0.25, 0.3) is 0 Å². The van der Waals surface area contributed by atoms with Gasteiger partial charge in [-0.2, -0.15) is 0 Å². The molecule has 0 radical (unpaired) electrons. The first-order valence-electron chi connectivity index (χ1n) is 6.10. The van der Waals surface area contributed by atoms with Gasteiger partial charge >= 0.3 is 0 Å². The second-order valence-electron chi connectivity index (χ2n) is 4.26. The van der Waals surface area contributed by atoms with E-state index < -0.39 is 6.29 Å². The zero-order valence-corrected chi connectivity index (χ0v) is 10.8. The molecule has 1 aromatic carbocycles. The van der Waals surface area contributed by atoms with Crippen LogP contribution in [0.2, 0.25) is 0 Å². The van der Waals surface area contributed by atoms with E-state index in [1.165, 1.54) is 7.11 Å². The van der Waals surface area contributed by atoms with Crippen LogP contribution in [0.4, 0.5) is 5.69 Å². The Morgan fingerprint density at radius 2 is 2.00 bits per heavy atom. The lowest BCUT2D eigenvalue weighted by molar-refractivity contribution is -0.0769. The van der Waals surface area contributed by atoms with E-state index in [1.807, 2.05) is 18.2 Å². The number of aliphatic hydroxyl groups is 1. The summed E-state index contributed by atoms with van der Waals surface area (Å²) in [4.78, 5) is 2.25. The predicted molar refractivity (Wildman–Crippen MR) is 70.0 cm³/mol. The number of hydrogen-bond acceptors (Lipinski definition) is 5. The molecule has 1 aliphatic rings. The average molecular weight is 252 g/mol. The molecule has 5 heteroatoms. The van der Waals surface area contributed by atoms with Crippen LogP contribution in [0.5, 0.6) is 5.75 Å². The van der Waals surface area contributed by atoms with Crippen LogP contribution in [0.15, 0.2) is 18.2 Å². The standard InChI is InChI=1S/C13H20N2O3/c1-17-12-4-3-10(13(16)18-2)9-11(12)15-7-5-14-6-8-15/h3-4,9,13-14,16H,5-8H2,1-2H3. The fraction of sp³-hybridized carbons (Fsp3) is 0.538. The van der Waals surface area contributed by atoms with Crippen molar-refractivity contribution in [3.63, 3.8) is 0 Å². The molecule has 0 aliphatic carbocycles. The van der Waals surface area contributed by atoms with Gasteiger partial charge < -0.3 is 24.8 Å². The number of anilines is 1. The van der Waals surface area contributed by atoms with Crippen molar-refractivity contribution in [3.8, 4) is 5.75 Å². The number of aliphatic hydroxyl groups excluding tert-OH is 1. The van der Waals surface area contributed by atoms with E-state index in [-0.39, 0.29) is 0 Å². The fourth-order valence-corrected chi connectivity index (χ4v) is 2.15. The molecule has 0 saturated carbocycles. The van der Waals surface area contributed by atoms with Crippen molar-refractivity contribution < 1.29 is 14.6 Å². The second kappa shape index (κ2) is 6.04. The fourth-order valence-electron chi connectivity index (χ4n) is 2.15. The van der Waals surface area contributed by atoms with Gasteiger partial charge in [0.05, 0.1) is 12.8 Å². The molecule has 0 spiro atoms. The van der Waals surface area contributed by atoms with Gasteiger partial charge in [0, 0.05) is 38.9 Å². The summed E-state index contributed by atoms with van der Waals surface area (Å²) < 4.78 is 10.3. The maximum atomic E-state index is 9.72. The smallest absolute Gasteiger partial charge is 0.180 e. The van der Waals surface area contributed by atoms with Crippen molar-refractivity contribution in [3.05, 3.63) is 23.8 Å². The van der Waals surface area contributed by atoms with Crippen LogP contribution in [0.25, 0.3) is 0 Å². The molecule has 1 unspecified atom stereocenters. The highest BCUT2D eigenvalue weighted by atomic mass is 16.6. The molecule has 0 amide bonds. The highest BCUT2D eigenvalue weighted by Gasteiger charge is 2.17. The topological polar surface area (TPSA) is 54.0 Å². The van der Waals surface area contributed by atoms with Gasteiger partial charge in [0.2, 0.25) is 0 Å². The third kappa shape index (κ3) is 2.75. The molecule has 1 saturated heterocycles. The molecule has 5 nitrogen and oxygen atoms in total. The van der Waals surface area contributed by atoms with Gasteiger partial charge in [0.1, 0.15) is 5.75 Å². The zero-order valence-electron chi connectivity index (χ0n) is 10.8. The Bertz CT molecular complexity index is 392. The maximum Gasteiger partial charge on any atom is 0.180 e. The molecule has 1 aliphatic heterocycles. The average Bonchev–Trinajstić information content (AvgIpc) is 2.46. The zero-order chi connectivity index (χ0) is 13.0. The van der Waals surface area contributed by atoms with Crippen molar-refractivity contribution in [1.82, 2.24) is 5.32 Å². The minimum atomic E-state index is -0.891. The molecule has 1 heterocycles. The van der Waals surface area contributed by atoms with E-state index in [2.05, 4.69) is 10.2 Å². The summed E-state index contributed by atoms with van der Waals surface area (Å²) in [6.45, 7) is 3.78. The minimum absolute atomic E-state index is 0.742. The number of benzene rings is 1. The van der Waals surface area contributed by atoms with Crippen LogP contribution in [-0.4, -0.2) is 45.5 Å². The van der Waals surface area contributed by atoms with E-state index in [1.54, 1.807) is 7.11 Å². The number of methoxy groups -OCH3 is 2. The summed E-state index contributed by atoms with van der Waals surface area (Å²) in [6.07, 6.45) is -0.891. The normalized spacial score (nSPS) is 17.6. The molecule has 1 fully saturated rings. The Morgan fingerprint density at radius 1 is 1.28 bits per heavy atom. The Morgan fingerprint density at radius 3 is 2.61 bits per heavy atom. The van der Waals surface area contributed by atoms with E-state index in [0.29, 0.717) is 0 Å². The monoisotopic (exact) mass is 252 g/mol. The van der Waals surface area contributed by atoms with Crippen LogP contribution < -0.4 is 15.0 Å². The molecule has 1 aromatic rings. The van der Waals surface area contributed by atoms with E-state index in [9.17, 15) is 5.11 Å². The molecular weight excluding hydrogens is 232 g/mol. The lowest BCUT2D eigenvalue weighted by atomic mass is 10.1. The first-order valence-corrected chi connectivity index (χ1v) is 6.10. The van der Waals surface area contributed by atoms with Crippen LogP contribution in [0, 0.1) is 0 Å². The second-order valence-corrected chi connectivity index (χ2v) is 4.26. The number of hydrogen-bond donors (Lipinski definition) is 2. The Kier molecular flexibility index (Phi) is 4.41. The van der Waals surface area contributed by atoms with Crippen molar-refractivity contribution in [2.24, 2.45) is 0 Å². The lowest BCUT2D eigenvalue weighted by Crippen LogP contribution is -2.43. The Labute approximate surface area is 107 Å². The first kappa shape index (κ1) is 13.1. The van der Waals surface area contributed by atoms with Gasteiger partial charge in [-0.3, -0.25) is 0 Å². The Balaban J connectivity index is 2.29. The van der Waals surface area contributed by atoms with Gasteiger partial charge in [0.15, 0.2) is 6.29 Å². The minimum Gasteiger partial charge on any atom is -0.495 e. The number of ether oxygens (including phenoxy) is 2. The van der Waals surface area contributed by atoms with Crippen molar-refractivity contribution >= 4 is 5.69 Å². The molecule has 0 bridgehead atoms. The van der Waals surface area contributed by atoms with Crippen LogP contribution in [-0.2, 0) is 4.74 Å². The quantitative estimate of drug-likeness (QED) is 0.774. The number of nitrogens with zero attached hydrogens (tertiary/aromatic N) is 1. The lowest BCUT2D eigenvalue weighted by Gasteiger charge is -2.31. The SMILES string of the molecule is COc1ccc(C(O)OC)cc1N1CCNCC1. The summed E-state index contributed by atoms with van der Waals surface area (Å²) in [5.74, 6) is 0.823. The van der Waals surface area contributed by atoms with Crippen LogP contribution >= 0.6 is 0 Å². The molecular formula is C13H20N2O3. The highest BCUT2D eigenvalue weighted by Crippen LogP contribution is 2.31. The summed E-state index contributed by atoms with van der Waals surface area (Å²) in [7, 11) is 3.15. The third-order valence-electron chi connectivity index (χ3n) is 3.17. The molecule has 1 atom stereocenters. The summed E-state index contributed by atoms with van der Waals surface area (Å²) in [6, 6.07) is 5.62. The molecule has 2 rings (SSSR count). The first-order chi connectivity index (χ1) is 8.76. The van der Waals surface area contributed by atoms with Crippen molar-refractivity contribution in [2.45, 2.75) is 6.29 Å². The number of rotatable bonds is 4. The predicted octanol–water partition coefficient (Wildman–Crippen LogP) is 0.742. The van der Waals surface area contributed by atoms with Gasteiger partial charge in [-0.25, -0.2) is 0 Å². The Hall–Kier alpha value is -1.30. The number of nitrogens with one attached hydrogen (secondary N) is 1. The summed E-state index contributed by atoms with van der Waals surface area (Å²) in [5.41, 5.74) is 1.75. The van der Waals surface area contributed by atoms with Crippen molar-refractivity contribution in [2.75, 3.05) is 45.3 Å². The summed E-state index contributed by atoms with van der Waals surface area (Å²) in [5, 5.41) is 13.0.